The van der Waals surface area contributed by atoms with Crippen LogP contribution in [0, 0.1) is 6.92 Å². The van der Waals surface area contributed by atoms with Gasteiger partial charge in [-0.1, -0.05) is 18.2 Å². The maximum absolute atomic E-state index is 12.9. The Kier molecular flexibility index (Phi) is 5.51. The molecule has 3 rings (SSSR count). The number of amides is 1. The molecule has 0 aliphatic carbocycles. The average molecular weight is 378 g/mol. The second-order valence-electron chi connectivity index (χ2n) is 6.74. The fourth-order valence-corrected chi connectivity index (χ4v) is 3.24. The number of aromatic nitrogens is 1. The van der Waals surface area contributed by atoms with Crippen LogP contribution in [-0.4, -0.2) is 35.5 Å². The molecule has 27 heavy (non-hydrogen) atoms. The number of nitrogens with zero attached hydrogens (tertiary/aromatic N) is 2. The van der Waals surface area contributed by atoms with E-state index in [0.29, 0.717) is 37.4 Å². The predicted molar refractivity (Wildman–Crippen MR) is 94.2 cm³/mol. The average Bonchev–Trinajstić information content (AvgIpc) is 2.61. The van der Waals surface area contributed by atoms with E-state index in [0.717, 1.165) is 17.3 Å². The van der Waals surface area contributed by atoms with Crippen LogP contribution >= 0.6 is 0 Å². The van der Waals surface area contributed by atoms with Crippen LogP contribution in [0.4, 0.5) is 13.2 Å². The molecule has 0 saturated carbocycles. The lowest BCUT2D eigenvalue weighted by atomic mass is 10.0. The Hall–Kier alpha value is -2.41. The zero-order valence-corrected chi connectivity index (χ0v) is 15.2. The number of ether oxygens (including phenoxy) is 1. The van der Waals surface area contributed by atoms with Gasteiger partial charge < -0.3 is 9.64 Å². The van der Waals surface area contributed by atoms with Crippen molar-refractivity contribution in [1.82, 2.24) is 9.88 Å². The number of aryl methyl sites for hydroxylation is 1. The minimum absolute atomic E-state index is 0.0138. The van der Waals surface area contributed by atoms with E-state index in [9.17, 15) is 18.0 Å². The van der Waals surface area contributed by atoms with Crippen molar-refractivity contribution < 1.29 is 22.7 Å². The molecule has 1 aromatic heterocycles. The smallest absolute Gasteiger partial charge is 0.368 e. The zero-order chi connectivity index (χ0) is 19.6. The van der Waals surface area contributed by atoms with E-state index in [-0.39, 0.29) is 12.0 Å². The Morgan fingerprint density at radius 3 is 2.74 bits per heavy atom. The Morgan fingerprint density at radius 1 is 1.26 bits per heavy atom. The highest BCUT2D eigenvalue weighted by atomic mass is 19.4. The number of halogens is 3. The number of pyridine rings is 1. The number of alkyl halides is 3. The third-order valence-electron chi connectivity index (χ3n) is 4.54. The highest BCUT2D eigenvalue weighted by Gasteiger charge is 2.30. The molecule has 7 heteroatoms. The standard InChI is InChI=1S/C20H21F3N2O2/c1-13-8-16(9-15-4-3-5-17(10-15)20(21,22)23)11-18(24-13)19-12-25(14(2)26)6-7-27-19/h3-5,8,10-11,19H,6-7,9,12H2,1-2H3. The van der Waals surface area contributed by atoms with Gasteiger partial charge in [-0.05, 0) is 42.7 Å². The first-order valence-corrected chi connectivity index (χ1v) is 8.73. The molecule has 1 aliphatic rings. The maximum atomic E-state index is 12.9. The Bertz CT molecular complexity index is 836. The fourth-order valence-electron chi connectivity index (χ4n) is 3.24. The summed E-state index contributed by atoms with van der Waals surface area (Å²) in [6, 6.07) is 9.04. The lowest BCUT2D eigenvalue weighted by Gasteiger charge is -2.32. The number of carbonyl (C=O) groups excluding carboxylic acids is 1. The molecule has 2 aromatic rings. The molecule has 1 aliphatic heterocycles. The normalized spacial score (nSPS) is 17.8. The van der Waals surface area contributed by atoms with Crippen molar-refractivity contribution in [2.24, 2.45) is 0 Å². The third kappa shape index (κ3) is 4.86. The van der Waals surface area contributed by atoms with Crippen molar-refractivity contribution in [3.8, 4) is 0 Å². The quantitative estimate of drug-likeness (QED) is 0.813. The van der Waals surface area contributed by atoms with Crippen LogP contribution in [0.2, 0.25) is 0 Å². The minimum atomic E-state index is -4.36. The summed E-state index contributed by atoms with van der Waals surface area (Å²) in [4.78, 5) is 17.8. The Labute approximate surface area is 156 Å². The highest BCUT2D eigenvalue weighted by Crippen LogP contribution is 2.30. The van der Waals surface area contributed by atoms with E-state index in [1.807, 2.05) is 19.1 Å². The van der Waals surface area contributed by atoms with Crippen molar-refractivity contribution in [3.63, 3.8) is 0 Å². The van der Waals surface area contributed by atoms with E-state index in [1.165, 1.54) is 19.1 Å². The molecule has 4 nitrogen and oxygen atoms in total. The van der Waals surface area contributed by atoms with Crippen LogP contribution in [0.15, 0.2) is 36.4 Å². The van der Waals surface area contributed by atoms with Crippen molar-refractivity contribution >= 4 is 5.91 Å². The Balaban J connectivity index is 1.83. The Morgan fingerprint density at radius 2 is 2.04 bits per heavy atom. The van der Waals surface area contributed by atoms with Gasteiger partial charge in [0, 0.05) is 19.2 Å². The molecule has 1 unspecified atom stereocenters. The molecule has 1 atom stereocenters. The van der Waals surface area contributed by atoms with Crippen LogP contribution in [0.25, 0.3) is 0 Å². The van der Waals surface area contributed by atoms with Crippen molar-refractivity contribution in [2.75, 3.05) is 19.7 Å². The minimum Gasteiger partial charge on any atom is -0.368 e. The van der Waals surface area contributed by atoms with Crippen LogP contribution in [0.3, 0.4) is 0 Å². The second kappa shape index (κ2) is 7.68. The second-order valence-corrected chi connectivity index (χ2v) is 6.74. The van der Waals surface area contributed by atoms with Crippen LogP contribution in [0.1, 0.15) is 41.1 Å². The molecule has 0 radical (unpaired) electrons. The van der Waals surface area contributed by atoms with Gasteiger partial charge >= 0.3 is 6.18 Å². The number of morpholine rings is 1. The van der Waals surface area contributed by atoms with Crippen molar-refractivity contribution in [2.45, 2.75) is 32.5 Å². The van der Waals surface area contributed by atoms with Crippen molar-refractivity contribution in [3.05, 3.63) is 64.5 Å². The van der Waals surface area contributed by atoms with E-state index in [4.69, 9.17) is 4.74 Å². The first-order valence-electron chi connectivity index (χ1n) is 8.73. The first kappa shape index (κ1) is 19.4. The number of carbonyl (C=O) groups is 1. The van der Waals surface area contributed by atoms with Gasteiger partial charge in [-0.2, -0.15) is 13.2 Å². The number of benzene rings is 1. The SMILES string of the molecule is CC(=O)N1CCOC(c2cc(Cc3cccc(C(F)(F)F)c3)cc(C)n2)C1. The lowest BCUT2D eigenvalue weighted by molar-refractivity contribution is -0.138. The van der Waals surface area contributed by atoms with E-state index >= 15 is 0 Å². The topological polar surface area (TPSA) is 42.4 Å². The maximum Gasteiger partial charge on any atom is 0.416 e. The largest absolute Gasteiger partial charge is 0.416 e. The molecule has 1 fully saturated rings. The molecule has 0 spiro atoms. The summed E-state index contributed by atoms with van der Waals surface area (Å²) < 4.78 is 44.5. The van der Waals surface area contributed by atoms with Gasteiger partial charge in [0.1, 0.15) is 6.10 Å². The summed E-state index contributed by atoms with van der Waals surface area (Å²) >= 11 is 0. The summed E-state index contributed by atoms with van der Waals surface area (Å²) in [5.74, 6) is -0.0138. The molecule has 1 aromatic carbocycles. The van der Waals surface area contributed by atoms with Gasteiger partial charge in [0.25, 0.3) is 0 Å². The first-order chi connectivity index (χ1) is 12.7. The molecule has 0 bridgehead atoms. The monoisotopic (exact) mass is 378 g/mol. The third-order valence-corrected chi connectivity index (χ3v) is 4.54. The van der Waals surface area contributed by atoms with Gasteiger partial charge in [0.15, 0.2) is 0 Å². The van der Waals surface area contributed by atoms with Crippen LogP contribution in [0.5, 0.6) is 0 Å². The van der Waals surface area contributed by atoms with E-state index in [1.54, 1.807) is 11.0 Å². The van der Waals surface area contributed by atoms with Gasteiger partial charge in [-0.25, -0.2) is 0 Å². The lowest BCUT2D eigenvalue weighted by Crippen LogP contribution is -2.41. The van der Waals surface area contributed by atoms with Crippen LogP contribution < -0.4 is 0 Å². The van der Waals surface area contributed by atoms with Crippen LogP contribution in [-0.2, 0) is 22.1 Å². The van der Waals surface area contributed by atoms with Gasteiger partial charge in [-0.3, -0.25) is 9.78 Å². The number of hydrogen-bond donors (Lipinski definition) is 0. The highest BCUT2D eigenvalue weighted by molar-refractivity contribution is 5.73. The van der Waals surface area contributed by atoms with E-state index < -0.39 is 11.7 Å². The molecular weight excluding hydrogens is 357 g/mol. The van der Waals surface area contributed by atoms with Gasteiger partial charge in [0.05, 0.1) is 24.4 Å². The summed E-state index contributed by atoms with van der Waals surface area (Å²) in [6.45, 7) is 4.77. The summed E-state index contributed by atoms with van der Waals surface area (Å²) in [5.41, 5.74) is 2.25. The fraction of sp³-hybridized carbons (Fsp3) is 0.400. The molecule has 0 N–H and O–H groups in total. The molecule has 1 amide bonds. The summed E-state index contributed by atoms with van der Waals surface area (Å²) in [7, 11) is 0. The summed E-state index contributed by atoms with van der Waals surface area (Å²) in [6.07, 6.45) is -4.33. The molecular formula is C20H21F3N2O2. The number of hydrogen-bond acceptors (Lipinski definition) is 3. The van der Waals surface area contributed by atoms with Gasteiger partial charge in [-0.15, -0.1) is 0 Å². The van der Waals surface area contributed by atoms with E-state index in [2.05, 4.69) is 4.98 Å². The molecule has 2 heterocycles. The predicted octanol–water partition coefficient (Wildman–Crippen LogP) is 3.92. The van der Waals surface area contributed by atoms with Gasteiger partial charge in [0.2, 0.25) is 5.91 Å². The summed E-state index contributed by atoms with van der Waals surface area (Å²) in [5, 5.41) is 0. The molecule has 144 valence electrons. The zero-order valence-electron chi connectivity index (χ0n) is 15.2. The van der Waals surface area contributed by atoms with Crippen molar-refractivity contribution in [1.29, 1.82) is 0 Å². The number of rotatable bonds is 3. The molecule has 1 saturated heterocycles.